The van der Waals surface area contributed by atoms with Crippen LogP contribution in [0.5, 0.6) is 0 Å². The van der Waals surface area contributed by atoms with E-state index in [-0.39, 0.29) is 4.31 Å². The Morgan fingerprint density at radius 3 is 1.90 bits per heavy atom. The summed E-state index contributed by atoms with van der Waals surface area (Å²) in [4.78, 5) is 0. The van der Waals surface area contributed by atoms with Gasteiger partial charge in [0.15, 0.2) is 0 Å². The molecule has 1 aromatic carbocycles. The zero-order chi connectivity index (χ0) is 7.61. The van der Waals surface area contributed by atoms with Crippen LogP contribution in [-0.2, 0) is 20.3 Å². The minimum absolute atomic E-state index is 0.0429. The molecule has 0 bridgehead atoms. The van der Waals surface area contributed by atoms with Crippen molar-refractivity contribution in [2.24, 2.45) is 0 Å². The molecule has 1 heteroatoms. The van der Waals surface area contributed by atoms with Crippen molar-refractivity contribution in [2.75, 3.05) is 0 Å². The van der Waals surface area contributed by atoms with Gasteiger partial charge in [0.1, 0.15) is 0 Å². The molecule has 1 rings (SSSR count). The van der Waals surface area contributed by atoms with E-state index in [1.165, 1.54) is 5.56 Å². The van der Waals surface area contributed by atoms with E-state index >= 15 is 0 Å². The van der Waals surface area contributed by atoms with Gasteiger partial charge in [0.05, 0.1) is 0 Å². The van der Waals surface area contributed by atoms with Gasteiger partial charge in [-0.3, -0.25) is 0 Å². The van der Waals surface area contributed by atoms with Crippen molar-refractivity contribution in [1.82, 2.24) is 0 Å². The first-order valence-electron chi connectivity index (χ1n) is 3.34. The Morgan fingerprint density at radius 2 is 1.60 bits per heavy atom. The van der Waals surface area contributed by atoms with Gasteiger partial charge in [-0.25, -0.2) is 0 Å². The molecule has 0 N–H and O–H groups in total. The third-order valence-electron chi connectivity index (χ3n) is 1.45. The predicted molar refractivity (Wildman–Crippen MR) is 39.5 cm³/mol. The van der Waals surface area contributed by atoms with Crippen molar-refractivity contribution in [3.8, 4) is 0 Å². The van der Waals surface area contributed by atoms with Crippen molar-refractivity contribution in [2.45, 2.75) is 18.2 Å². The van der Waals surface area contributed by atoms with Crippen LogP contribution >= 0.6 is 0 Å². The van der Waals surface area contributed by atoms with Gasteiger partial charge in [-0.2, -0.15) is 0 Å². The Bertz CT molecular complexity index is 196. The van der Waals surface area contributed by atoms with Crippen LogP contribution in [0.1, 0.15) is 19.4 Å². The second kappa shape index (κ2) is 2.77. The summed E-state index contributed by atoms with van der Waals surface area (Å²) in [6.07, 6.45) is 0. The van der Waals surface area contributed by atoms with Crippen LogP contribution in [-0.4, -0.2) is 0 Å². The SMILES string of the molecule is C[C](C)([Fe])c1ccccc1. The summed E-state index contributed by atoms with van der Waals surface area (Å²) < 4.78 is 0.0429. The van der Waals surface area contributed by atoms with Crippen LogP contribution in [0.2, 0.25) is 0 Å². The monoisotopic (exact) mass is 175 g/mol. The van der Waals surface area contributed by atoms with Crippen molar-refractivity contribution < 1.29 is 16.0 Å². The number of hydrogen-bond acceptors (Lipinski definition) is 0. The fraction of sp³-hybridized carbons (Fsp3) is 0.333. The van der Waals surface area contributed by atoms with Crippen molar-refractivity contribution in [3.63, 3.8) is 0 Å². The third-order valence-corrected chi connectivity index (χ3v) is 1.77. The molecule has 0 unspecified atom stereocenters. The van der Waals surface area contributed by atoms with Gasteiger partial charge in [0, 0.05) is 0 Å². The second-order valence-corrected chi connectivity index (χ2v) is 4.19. The van der Waals surface area contributed by atoms with E-state index in [4.69, 9.17) is 0 Å². The van der Waals surface area contributed by atoms with E-state index in [0.717, 1.165) is 0 Å². The average molecular weight is 175 g/mol. The zero-order valence-corrected chi connectivity index (χ0v) is 7.34. The molecular weight excluding hydrogens is 164 g/mol. The molecule has 0 aliphatic carbocycles. The van der Waals surface area contributed by atoms with E-state index in [0.29, 0.717) is 0 Å². The van der Waals surface area contributed by atoms with Gasteiger partial charge in [-0.15, -0.1) is 0 Å². The summed E-state index contributed by atoms with van der Waals surface area (Å²) in [5.41, 5.74) is 1.29. The van der Waals surface area contributed by atoms with Crippen LogP contribution in [0.3, 0.4) is 0 Å². The van der Waals surface area contributed by atoms with Crippen LogP contribution in [0, 0.1) is 0 Å². The molecule has 55 valence electrons. The fourth-order valence-corrected chi connectivity index (χ4v) is 1.01. The van der Waals surface area contributed by atoms with E-state index in [1.807, 2.05) is 18.2 Å². The molecule has 0 nitrogen and oxygen atoms in total. The molecule has 0 aromatic heterocycles. The molecular formula is C9H11Fe. The van der Waals surface area contributed by atoms with Gasteiger partial charge in [-0.05, 0) is 0 Å². The van der Waals surface area contributed by atoms with E-state index < -0.39 is 0 Å². The van der Waals surface area contributed by atoms with Gasteiger partial charge in [0.2, 0.25) is 0 Å². The molecule has 0 saturated heterocycles. The van der Waals surface area contributed by atoms with Crippen LogP contribution in [0.15, 0.2) is 30.3 Å². The topological polar surface area (TPSA) is 0 Å². The first-order valence-corrected chi connectivity index (χ1v) is 3.89. The maximum atomic E-state index is 4.04. The Kier molecular flexibility index (Phi) is 2.17. The first kappa shape index (κ1) is 7.84. The number of hydrogen-bond donors (Lipinski definition) is 0. The van der Waals surface area contributed by atoms with Gasteiger partial charge in [0.25, 0.3) is 0 Å². The molecule has 0 heterocycles. The molecule has 0 fully saturated rings. The van der Waals surface area contributed by atoms with Crippen LogP contribution in [0.25, 0.3) is 0 Å². The predicted octanol–water partition coefficient (Wildman–Crippen LogP) is 2.47. The average Bonchev–Trinajstić information content (AvgIpc) is 1.88. The van der Waals surface area contributed by atoms with Crippen molar-refractivity contribution in [1.29, 1.82) is 0 Å². The molecule has 10 heavy (non-hydrogen) atoms. The minimum atomic E-state index is 0.0429. The summed E-state index contributed by atoms with van der Waals surface area (Å²) in [6, 6.07) is 10.3. The first-order chi connectivity index (χ1) is 4.61. The van der Waals surface area contributed by atoms with Crippen molar-refractivity contribution >= 4 is 0 Å². The number of rotatable bonds is 1. The Balaban J connectivity index is 2.97. The normalized spacial score (nSPS) is 11.5. The number of benzene rings is 1. The second-order valence-electron chi connectivity index (χ2n) is 2.81. The van der Waals surface area contributed by atoms with E-state index in [9.17, 15) is 0 Å². The fourth-order valence-electron chi connectivity index (χ4n) is 0.830. The molecule has 0 atom stereocenters. The van der Waals surface area contributed by atoms with Crippen molar-refractivity contribution in [3.05, 3.63) is 35.9 Å². The molecule has 0 amide bonds. The molecule has 0 spiro atoms. The molecule has 0 saturated carbocycles. The summed E-state index contributed by atoms with van der Waals surface area (Å²) in [5.74, 6) is 0. The third kappa shape index (κ3) is 1.86. The molecule has 0 aliphatic heterocycles. The summed E-state index contributed by atoms with van der Waals surface area (Å²) in [6.45, 7) is 4.23. The van der Waals surface area contributed by atoms with Gasteiger partial charge in [-0.1, -0.05) is 0 Å². The van der Waals surface area contributed by atoms with Crippen LogP contribution in [0.4, 0.5) is 0 Å². The Morgan fingerprint density at radius 1 is 1.10 bits per heavy atom. The Labute approximate surface area is 70.5 Å². The summed E-state index contributed by atoms with van der Waals surface area (Å²) >= 11 is 4.04. The summed E-state index contributed by atoms with van der Waals surface area (Å²) in [5, 5.41) is 0. The Hall–Kier alpha value is -0.261. The maximum absolute atomic E-state index is 4.04. The standard InChI is InChI=1S/C9H11.Fe/c1-8(2)9-6-4-3-5-7-9;/h3-7H,1-2H3;. The molecule has 1 aromatic rings. The summed E-state index contributed by atoms with van der Waals surface area (Å²) in [7, 11) is 0. The molecule has 0 aliphatic rings. The van der Waals surface area contributed by atoms with E-state index in [2.05, 4.69) is 42.0 Å². The van der Waals surface area contributed by atoms with E-state index in [1.54, 1.807) is 0 Å². The molecule has 0 radical (unpaired) electrons. The quantitative estimate of drug-likeness (QED) is 0.575. The zero-order valence-electron chi connectivity index (χ0n) is 6.24. The van der Waals surface area contributed by atoms with Gasteiger partial charge >= 0.3 is 70.1 Å². The van der Waals surface area contributed by atoms with Crippen LogP contribution < -0.4 is 0 Å². The van der Waals surface area contributed by atoms with Gasteiger partial charge < -0.3 is 0 Å².